The van der Waals surface area contributed by atoms with Crippen LogP contribution >= 0.6 is 0 Å². The lowest BCUT2D eigenvalue weighted by atomic mass is 9.92. The van der Waals surface area contributed by atoms with Crippen LogP contribution in [0.15, 0.2) is 24.3 Å². The number of nitrogens with one attached hydrogen (secondary N) is 2. The number of hydrogen-bond donors (Lipinski definition) is 2. The first-order valence-electron chi connectivity index (χ1n) is 8.21. The van der Waals surface area contributed by atoms with Crippen molar-refractivity contribution in [2.75, 3.05) is 13.1 Å². The SMILES string of the molecule is CCc1ccc(C(NC(=O)[C@@H]2CCCNC2)C(C)C)cc1. The zero-order chi connectivity index (χ0) is 15.2. The number of rotatable bonds is 5. The fraction of sp³-hybridized carbons (Fsp3) is 0.611. The van der Waals surface area contributed by atoms with Gasteiger partial charge in [-0.3, -0.25) is 4.79 Å². The molecule has 116 valence electrons. The van der Waals surface area contributed by atoms with Gasteiger partial charge >= 0.3 is 0 Å². The summed E-state index contributed by atoms with van der Waals surface area (Å²) in [5, 5.41) is 6.57. The van der Waals surface area contributed by atoms with Crippen molar-refractivity contribution in [3.8, 4) is 0 Å². The maximum atomic E-state index is 12.5. The predicted molar refractivity (Wildman–Crippen MR) is 87.1 cm³/mol. The third-order valence-electron chi connectivity index (χ3n) is 4.38. The van der Waals surface area contributed by atoms with Crippen LogP contribution in [-0.4, -0.2) is 19.0 Å². The number of aryl methyl sites for hydroxylation is 1. The van der Waals surface area contributed by atoms with Crippen LogP contribution in [0.25, 0.3) is 0 Å². The molecule has 3 heteroatoms. The average Bonchev–Trinajstić information content (AvgIpc) is 2.53. The third kappa shape index (κ3) is 4.31. The molecule has 1 aromatic carbocycles. The van der Waals surface area contributed by atoms with Gasteiger partial charge in [0.05, 0.1) is 12.0 Å². The molecule has 21 heavy (non-hydrogen) atoms. The van der Waals surface area contributed by atoms with Crippen LogP contribution in [0.1, 0.15) is 50.8 Å². The van der Waals surface area contributed by atoms with E-state index in [1.165, 1.54) is 11.1 Å². The Balaban J connectivity index is 2.05. The van der Waals surface area contributed by atoms with Gasteiger partial charge in [0.25, 0.3) is 0 Å². The Kier molecular flexibility index (Phi) is 5.80. The van der Waals surface area contributed by atoms with Gasteiger partial charge in [0, 0.05) is 6.54 Å². The number of amides is 1. The second-order valence-electron chi connectivity index (χ2n) is 6.37. The molecule has 2 rings (SSSR count). The van der Waals surface area contributed by atoms with E-state index in [-0.39, 0.29) is 17.9 Å². The largest absolute Gasteiger partial charge is 0.349 e. The lowest BCUT2D eigenvalue weighted by molar-refractivity contribution is -0.126. The Bertz CT molecular complexity index is 447. The van der Waals surface area contributed by atoms with Crippen molar-refractivity contribution in [1.82, 2.24) is 10.6 Å². The lowest BCUT2D eigenvalue weighted by Crippen LogP contribution is -2.42. The van der Waals surface area contributed by atoms with Crippen LogP contribution in [0.3, 0.4) is 0 Å². The molecule has 1 amide bonds. The first-order valence-corrected chi connectivity index (χ1v) is 8.21. The van der Waals surface area contributed by atoms with E-state index >= 15 is 0 Å². The summed E-state index contributed by atoms with van der Waals surface area (Å²) < 4.78 is 0. The fourth-order valence-corrected chi connectivity index (χ4v) is 2.94. The molecule has 0 aliphatic carbocycles. The first-order chi connectivity index (χ1) is 10.1. The average molecular weight is 288 g/mol. The molecular weight excluding hydrogens is 260 g/mol. The van der Waals surface area contributed by atoms with Crippen LogP contribution in [-0.2, 0) is 11.2 Å². The van der Waals surface area contributed by atoms with Crippen molar-refractivity contribution in [3.63, 3.8) is 0 Å². The fourth-order valence-electron chi connectivity index (χ4n) is 2.94. The van der Waals surface area contributed by atoms with Gasteiger partial charge in [-0.25, -0.2) is 0 Å². The minimum atomic E-state index is 0.102. The summed E-state index contributed by atoms with van der Waals surface area (Å²) >= 11 is 0. The minimum absolute atomic E-state index is 0.102. The highest BCUT2D eigenvalue weighted by Crippen LogP contribution is 2.23. The zero-order valence-electron chi connectivity index (χ0n) is 13.5. The highest BCUT2D eigenvalue weighted by atomic mass is 16.2. The summed E-state index contributed by atoms with van der Waals surface area (Å²) in [5.74, 6) is 0.702. The first kappa shape index (κ1) is 16.0. The van der Waals surface area contributed by atoms with E-state index in [2.05, 4.69) is 55.7 Å². The van der Waals surface area contributed by atoms with E-state index in [0.29, 0.717) is 5.92 Å². The van der Waals surface area contributed by atoms with Gasteiger partial charge in [-0.05, 0) is 42.9 Å². The molecule has 0 radical (unpaired) electrons. The summed E-state index contributed by atoms with van der Waals surface area (Å²) in [6.07, 6.45) is 3.14. The van der Waals surface area contributed by atoms with Gasteiger partial charge in [-0.2, -0.15) is 0 Å². The van der Waals surface area contributed by atoms with Crippen LogP contribution in [0.4, 0.5) is 0 Å². The second kappa shape index (κ2) is 7.60. The Morgan fingerprint density at radius 1 is 1.33 bits per heavy atom. The van der Waals surface area contributed by atoms with Crippen LogP contribution in [0.2, 0.25) is 0 Å². The van der Waals surface area contributed by atoms with Crippen molar-refractivity contribution in [1.29, 1.82) is 0 Å². The van der Waals surface area contributed by atoms with Crippen molar-refractivity contribution < 1.29 is 4.79 Å². The van der Waals surface area contributed by atoms with Crippen LogP contribution in [0, 0.1) is 11.8 Å². The standard InChI is InChI=1S/C18H28N2O/c1-4-14-7-9-15(10-8-14)17(13(2)3)20-18(21)16-6-5-11-19-12-16/h7-10,13,16-17,19H,4-6,11-12H2,1-3H3,(H,20,21)/t16-,17?/m1/s1. The summed E-state index contributed by atoms with van der Waals surface area (Å²) in [7, 11) is 0. The Hall–Kier alpha value is -1.35. The Labute approximate surface area is 128 Å². The topological polar surface area (TPSA) is 41.1 Å². The van der Waals surface area contributed by atoms with Gasteiger partial charge in [0.1, 0.15) is 0 Å². The number of benzene rings is 1. The van der Waals surface area contributed by atoms with E-state index in [1.807, 2.05) is 0 Å². The maximum Gasteiger partial charge on any atom is 0.224 e. The molecule has 1 aliphatic heterocycles. The molecule has 0 bridgehead atoms. The molecular formula is C18H28N2O. The van der Waals surface area contributed by atoms with Gasteiger partial charge in [0.2, 0.25) is 5.91 Å². The molecule has 1 saturated heterocycles. The van der Waals surface area contributed by atoms with E-state index in [4.69, 9.17) is 0 Å². The number of piperidine rings is 1. The maximum absolute atomic E-state index is 12.5. The molecule has 1 aromatic rings. The molecule has 1 aliphatic rings. The van der Waals surface area contributed by atoms with Gasteiger partial charge in [0.15, 0.2) is 0 Å². The van der Waals surface area contributed by atoms with E-state index in [0.717, 1.165) is 32.4 Å². The Morgan fingerprint density at radius 2 is 2.05 bits per heavy atom. The third-order valence-corrected chi connectivity index (χ3v) is 4.38. The quantitative estimate of drug-likeness (QED) is 0.874. The number of hydrogen-bond acceptors (Lipinski definition) is 2. The molecule has 0 saturated carbocycles. The molecule has 0 spiro atoms. The van der Waals surface area contributed by atoms with Gasteiger partial charge in [-0.15, -0.1) is 0 Å². The summed E-state index contributed by atoms with van der Waals surface area (Å²) in [5.41, 5.74) is 2.54. The smallest absolute Gasteiger partial charge is 0.224 e. The highest BCUT2D eigenvalue weighted by Gasteiger charge is 2.25. The van der Waals surface area contributed by atoms with Crippen molar-refractivity contribution in [3.05, 3.63) is 35.4 Å². The van der Waals surface area contributed by atoms with E-state index < -0.39 is 0 Å². The van der Waals surface area contributed by atoms with Gasteiger partial charge < -0.3 is 10.6 Å². The Morgan fingerprint density at radius 3 is 2.57 bits per heavy atom. The van der Waals surface area contributed by atoms with Crippen LogP contribution in [0.5, 0.6) is 0 Å². The second-order valence-corrected chi connectivity index (χ2v) is 6.37. The summed E-state index contributed by atoms with van der Waals surface area (Å²) in [4.78, 5) is 12.5. The predicted octanol–water partition coefficient (Wildman–Crippen LogP) is 3.06. The summed E-state index contributed by atoms with van der Waals surface area (Å²) in [6, 6.07) is 8.74. The molecule has 0 aromatic heterocycles. The van der Waals surface area contributed by atoms with E-state index in [1.54, 1.807) is 0 Å². The van der Waals surface area contributed by atoms with Crippen molar-refractivity contribution >= 4 is 5.91 Å². The van der Waals surface area contributed by atoms with Crippen molar-refractivity contribution in [2.24, 2.45) is 11.8 Å². The number of carbonyl (C=O) groups excluding carboxylic acids is 1. The molecule has 1 unspecified atom stereocenters. The molecule has 2 atom stereocenters. The zero-order valence-corrected chi connectivity index (χ0v) is 13.5. The molecule has 2 N–H and O–H groups in total. The monoisotopic (exact) mass is 288 g/mol. The van der Waals surface area contributed by atoms with E-state index in [9.17, 15) is 4.79 Å². The summed E-state index contributed by atoms with van der Waals surface area (Å²) in [6.45, 7) is 8.34. The molecule has 1 fully saturated rings. The van der Waals surface area contributed by atoms with Crippen molar-refractivity contribution in [2.45, 2.75) is 46.1 Å². The number of carbonyl (C=O) groups is 1. The van der Waals surface area contributed by atoms with Crippen LogP contribution < -0.4 is 10.6 Å². The molecule has 3 nitrogen and oxygen atoms in total. The minimum Gasteiger partial charge on any atom is -0.349 e. The normalized spacial score (nSPS) is 20.3. The molecule has 1 heterocycles. The lowest BCUT2D eigenvalue weighted by Gasteiger charge is -2.28. The van der Waals surface area contributed by atoms with Gasteiger partial charge in [-0.1, -0.05) is 45.0 Å². The highest BCUT2D eigenvalue weighted by molar-refractivity contribution is 5.79.